The van der Waals surface area contributed by atoms with E-state index in [0.717, 1.165) is 36.6 Å². The SMILES string of the molecule is CN[C@H]1CCC[C@@H](Oc2cc(F)ccc2Nc2ncnc3sc(C(N)=O)c(C)c23)C1. The Balaban J connectivity index is 1.66. The number of hydrogen-bond acceptors (Lipinski definition) is 7. The zero-order valence-corrected chi connectivity index (χ0v) is 17.7. The Labute approximate surface area is 177 Å². The third kappa shape index (κ3) is 4.08. The van der Waals surface area contributed by atoms with Crippen LogP contribution in [0, 0.1) is 12.7 Å². The number of nitrogens with one attached hydrogen (secondary N) is 2. The number of aromatic nitrogens is 2. The number of carbonyl (C=O) groups is 1. The lowest BCUT2D eigenvalue weighted by molar-refractivity contribution is 0.100. The minimum Gasteiger partial charge on any atom is -0.488 e. The van der Waals surface area contributed by atoms with Gasteiger partial charge in [0.25, 0.3) is 5.91 Å². The van der Waals surface area contributed by atoms with Crippen LogP contribution in [0.25, 0.3) is 10.2 Å². The highest BCUT2D eigenvalue weighted by molar-refractivity contribution is 7.20. The molecule has 1 aliphatic rings. The van der Waals surface area contributed by atoms with Crippen LogP contribution in [0.1, 0.15) is 40.9 Å². The Kier molecular flexibility index (Phi) is 5.83. The standard InChI is InChI=1S/C21H24FN5O2S/c1-11-17-20(25-10-26-21(17)30-18(11)19(23)28)27-15-7-6-12(22)8-16(15)29-14-5-3-4-13(9-14)24-2/h6-8,10,13-14,24H,3-5,9H2,1-2H3,(H2,23,28)(H,25,26,27)/t13-,14+/m0/s1. The van der Waals surface area contributed by atoms with Gasteiger partial charge in [-0.15, -0.1) is 11.3 Å². The number of anilines is 2. The zero-order chi connectivity index (χ0) is 21.3. The number of fused-ring (bicyclic) bond motifs is 1. The van der Waals surface area contributed by atoms with Crippen LogP contribution in [-0.4, -0.2) is 35.1 Å². The molecule has 158 valence electrons. The van der Waals surface area contributed by atoms with Crippen LogP contribution in [0.4, 0.5) is 15.9 Å². The topological polar surface area (TPSA) is 102 Å². The number of amides is 1. The Hall–Kier alpha value is -2.78. The van der Waals surface area contributed by atoms with Gasteiger partial charge in [-0.05, 0) is 57.4 Å². The zero-order valence-electron chi connectivity index (χ0n) is 16.9. The fourth-order valence-electron chi connectivity index (χ4n) is 3.92. The second kappa shape index (κ2) is 8.53. The first-order valence-corrected chi connectivity index (χ1v) is 10.7. The summed E-state index contributed by atoms with van der Waals surface area (Å²) < 4.78 is 20.2. The molecule has 1 amide bonds. The molecule has 0 spiro atoms. The average molecular weight is 430 g/mol. The molecule has 9 heteroatoms. The number of carbonyl (C=O) groups excluding carboxylic acids is 1. The minimum absolute atomic E-state index is 0.00770. The van der Waals surface area contributed by atoms with Crippen molar-refractivity contribution in [3.8, 4) is 5.75 Å². The minimum atomic E-state index is -0.497. The number of nitrogens with zero attached hydrogens (tertiary/aromatic N) is 2. The number of primary amides is 1. The number of nitrogens with two attached hydrogens (primary N) is 1. The summed E-state index contributed by atoms with van der Waals surface area (Å²) in [5.41, 5.74) is 6.81. The van der Waals surface area contributed by atoms with Gasteiger partial charge in [-0.25, -0.2) is 14.4 Å². The van der Waals surface area contributed by atoms with E-state index >= 15 is 0 Å². The van der Waals surface area contributed by atoms with Crippen LogP contribution in [0.3, 0.4) is 0 Å². The van der Waals surface area contributed by atoms with Crippen molar-refractivity contribution in [2.75, 3.05) is 12.4 Å². The van der Waals surface area contributed by atoms with Crippen molar-refractivity contribution >= 4 is 39.0 Å². The fraction of sp³-hybridized carbons (Fsp3) is 0.381. The van der Waals surface area contributed by atoms with Gasteiger partial charge in [-0.1, -0.05) is 0 Å². The van der Waals surface area contributed by atoms with Crippen molar-refractivity contribution in [1.29, 1.82) is 0 Å². The van der Waals surface area contributed by atoms with Crippen molar-refractivity contribution in [2.24, 2.45) is 5.73 Å². The predicted molar refractivity (Wildman–Crippen MR) is 116 cm³/mol. The molecule has 2 heterocycles. The van der Waals surface area contributed by atoms with E-state index in [0.29, 0.717) is 33.0 Å². The van der Waals surface area contributed by atoms with Crippen molar-refractivity contribution < 1.29 is 13.9 Å². The van der Waals surface area contributed by atoms with Crippen molar-refractivity contribution in [2.45, 2.75) is 44.8 Å². The van der Waals surface area contributed by atoms with Gasteiger partial charge in [-0.3, -0.25) is 4.79 Å². The van der Waals surface area contributed by atoms with Crippen LogP contribution in [0.2, 0.25) is 0 Å². The van der Waals surface area contributed by atoms with E-state index in [-0.39, 0.29) is 11.9 Å². The van der Waals surface area contributed by atoms with E-state index in [1.54, 1.807) is 6.07 Å². The first kappa shape index (κ1) is 20.5. The quantitative estimate of drug-likeness (QED) is 0.549. The number of ether oxygens (including phenoxy) is 1. The first-order valence-electron chi connectivity index (χ1n) is 9.90. The van der Waals surface area contributed by atoms with E-state index in [4.69, 9.17) is 10.5 Å². The van der Waals surface area contributed by atoms with Crippen molar-refractivity contribution in [3.05, 3.63) is 40.8 Å². The molecule has 1 aromatic carbocycles. The summed E-state index contributed by atoms with van der Waals surface area (Å²) in [6, 6.07) is 4.79. The monoisotopic (exact) mass is 429 g/mol. The molecule has 1 fully saturated rings. The highest BCUT2D eigenvalue weighted by Gasteiger charge is 2.24. The summed E-state index contributed by atoms with van der Waals surface area (Å²) in [5, 5.41) is 7.27. The molecule has 30 heavy (non-hydrogen) atoms. The van der Waals surface area contributed by atoms with Crippen LogP contribution < -0.4 is 21.1 Å². The van der Waals surface area contributed by atoms with E-state index in [2.05, 4.69) is 20.6 Å². The maximum absolute atomic E-state index is 14.0. The number of benzene rings is 1. The molecular weight excluding hydrogens is 405 g/mol. The summed E-state index contributed by atoms with van der Waals surface area (Å²) in [6.45, 7) is 1.81. The van der Waals surface area contributed by atoms with Crippen molar-refractivity contribution in [3.63, 3.8) is 0 Å². The second-order valence-electron chi connectivity index (χ2n) is 7.48. The average Bonchev–Trinajstić information content (AvgIpc) is 3.08. The lowest BCUT2D eigenvalue weighted by Crippen LogP contribution is -2.36. The molecule has 0 aliphatic heterocycles. The Morgan fingerprint density at radius 3 is 2.93 bits per heavy atom. The normalized spacial score (nSPS) is 19.0. The van der Waals surface area contributed by atoms with Gasteiger partial charge in [0.1, 0.15) is 34.6 Å². The van der Waals surface area contributed by atoms with Gasteiger partial charge < -0.3 is 21.1 Å². The molecule has 0 saturated heterocycles. The molecular formula is C21H24FN5O2S. The van der Waals surface area contributed by atoms with Crippen LogP contribution in [0.15, 0.2) is 24.5 Å². The largest absolute Gasteiger partial charge is 0.488 e. The molecule has 1 aliphatic carbocycles. The summed E-state index contributed by atoms with van der Waals surface area (Å²) in [5.74, 6) is 0.0942. The lowest BCUT2D eigenvalue weighted by atomic mass is 9.93. The third-order valence-corrected chi connectivity index (χ3v) is 6.69. The highest BCUT2D eigenvalue weighted by Crippen LogP contribution is 2.37. The molecule has 0 unspecified atom stereocenters. The maximum atomic E-state index is 14.0. The molecule has 3 aromatic rings. The van der Waals surface area contributed by atoms with Gasteiger partial charge in [0, 0.05) is 12.1 Å². The van der Waals surface area contributed by atoms with Crippen LogP contribution in [-0.2, 0) is 0 Å². The first-order chi connectivity index (χ1) is 14.5. The van der Waals surface area contributed by atoms with E-state index in [1.807, 2.05) is 14.0 Å². The van der Waals surface area contributed by atoms with Gasteiger partial charge in [0.2, 0.25) is 0 Å². The number of rotatable bonds is 6. The highest BCUT2D eigenvalue weighted by atomic mass is 32.1. The predicted octanol–water partition coefficient (Wildman–Crippen LogP) is 3.89. The van der Waals surface area contributed by atoms with Crippen molar-refractivity contribution in [1.82, 2.24) is 15.3 Å². The summed E-state index contributed by atoms with van der Waals surface area (Å²) >= 11 is 1.23. The maximum Gasteiger partial charge on any atom is 0.259 e. The molecule has 4 N–H and O–H groups in total. The number of thiophene rings is 1. The van der Waals surface area contributed by atoms with Crippen LogP contribution >= 0.6 is 11.3 Å². The Bertz CT molecular complexity index is 1090. The number of halogens is 1. The van der Waals surface area contributed by atoms with Gasteiger partial charge >= 0.3 is 0 Å². The lowest BCUT2D eigenvalue weighted by Gasteiger charge is -2.30. The second-order valence-corrected chi connectivity index (χ2v) is 8.48. The van der Waals surface area contributed by atoms with Crippen LogP contribution in [0.5, 0.6) is 5.75 Å². The molecule has 2 aromatic heterocycles. The fourth-order valence-corrected chi connectivity index (χ4v) is 4.92. The molecule has 1 saturated carbocycles. The van der Waals surface area contributed by atoms with Gasteiger partial charge in [0.05, 0.1) is 16.0 Å². The Morgan fingerprint density at radius 1 is 1.33 bits per heavy atom. The van der Waals surface area contributed by atoms with E-state index in [9.17, 15) is 9.18 Å². The molecule has 0 radical (unpaired) electrons. The number of aryl methyl sites for hydroxylation is 1. The molecule has 7 nitrogen and oxygen atoms in total. The summed E-state index contributed by atoms with van der Waals surface area (Å²) in [6.07, 6.45) is 5.41. The molecule has 4 rings (SSSR count). The molecule has 0 bridgehead atoms. The summed E-state index contributed by atoms with van der Waals surface area (Å²) in [4.78, 5) is 21.4. The summed E-state index contributed by atoms with van der Waals surface area (Å²) in [7, 11) is 1.95. The van der Waals surface area contributed by atoms with E-state index < -0.39 is 5.91 Å². The Morgan fingerprint density at radius 2 is 2.17 bits per heavy atom. The smallest absolute Gasteiger partial charge is 0.259 e. The third-order valence-electron chi connectivity index (χ3n) is 5.48. The number of hydrogen-bond donors (Lipinski definition) is 3. The molecule has 2 atom stereocenters. The van der Waals surface area contributed by atoms with Gasteiger partial charge in [0.15, 0.2) is 0 Å². The van der Waals surface area contributed by atoms with E-state index in [1.165, 1.54) is 29.8 Å². The van der Waals surface area contributed by atoms with Gasteiger partial charge in [-0.2, -0.15) is 0 Å².